The molecule has 0 saturated carbocycles. The zero-order valence-corrected chi connectivity index (χ0v) is 12.3. The number of carboxylic acid groups (broad SMARTS) is 1. The SMILES string of the molecule is CC(NC(=O)NCCc1ccc(Cl)s1)C(C)C(=O)O. The second-order valence-corrected chi connectivity index (χ2v) is 6.07. The Morgan fingerprint density at radius 1 is 1.42 bits per heavy atom. The molecule has 3 N–H and O–H groups in total. The van der Waals surface area contributed by atoms with Gasteiger partial charge in [0, 0.05) is 17.5 Å². The number of hydrogen-bond acceptors (Lipinski definition) is 3. The second-order valence-electron chi connectivity index (χ2n) is 4.27. The summed E-state index contributed by atoms with van der Waals surface area (Å²) < 4.78 is 0.725. The van der Waals surface area contributed by atoms with E-state index in [0.29, 0.717) is 13.0 Å². The van der Waals surface area contributed by atoms with Crippen molar-refractivity contribution in [2.75, 3.05) is 6.54 Å². The van der Waals surface area contributed by atoms with Crippen LogP contribution in [0.3, 0.4) is 0 Å². The Bertz CT molecular complexity index is 450. The fraction of sp³-hybridized carbons (Fsp3) is 0.500. The zero-order chi connectivity index (χ0) is 14.4. The van der Waals surface area contributed by atoms with Crippen molar-refractivity contribution in [3.8, 4) is 0 Å². The number of rotatable bonds is 6. The van der Waals surface area contributed by atoms with Gasteiger partial charge in [0.15, 0.2) is 0 Å². The molecule has 1 aromatic rings. The predicted molar refractivity (Wildman–Crippen MR) is 75.8 cm³/mol. The fourth-order valence-electron chi connectivity index (χ4n) is 1.38. The number of carbonyl (C=O) groups excluding carboxylic acids is 1. The van der Waals surface area contributed by atoms with Gasteiger partial charge in [-0.15, -0.1) is 11.3 Å². The highest BCUT2D eigenvalue weighted by Crippen LogP contribution is 2.21. The molecule has 2 atom stereocenters. The Labute approximate surface area is 121 Å². The third kappa shape index (κ3) is 5.48. The average molecular weight is 305 g/mol. The van der Waals surface area contributed by atoms with E-state index in [0.717, 1.165) is 9.21 Å². The quantitative estimate of drug-likeness (QED) is 0.755. The van der Waals surface area contributed by atoms with Crippen LogP contribution in [0, 0.1) is 5.92 Å². The molecular weight excluding hydrogens is 288 g/mol. The van der Waals surface area contributed by atoms with E-state index in [-0.39, 0.29) is 6.03 Å². The molecule has 1 rings (SSSR count). The summed E-state index contributed by atoms with van der Waals surface area (Å²) >= 11 is 7.28. The standard InChI is InChI=1S/C12H17ClN2O3S/c1-7(11(16)17)8(2)15-12(18)14-6-5-9-3-4-10(13)19-9/h3-4,7-8H,5-6H2,1-2H3,(H,16,17)(H2,14,15,18). The van der Waals surface area contributed by atoms with Crippen LogP contribution in [0.5, 0.6) is 0 Å². The number of amides is 2. The highest BCUT2D eigenvalue weighted by Gasteiger charge is 2.20. The number of thiophene rings is 1. The van der Waals surface area contributed by atoms with Gasteiger partial charge in [-0.05, 0) is 32.4 Å². The molecule has 1 heterocycles. The maximum Gasteiger partial charge on any atom is 0.315 e. The van der Waals surface area contributed by atoms with Gasteiger partial charge >= 0.3 is 12.0 Å². The van der Waals surface area contributed by atoms with Gasteiger partial charge < -0.3 is 15.7 Å². The van der Waals surface area contributed by atoms with E-state index in [1.807, 2.05) is 12.1 Å². The van der Waals surface area contributed by atoms with Gasteiger partial charge in [0.05, 0.1) is 10.3 Å². The second kappa shape index (κ2) is 7.35. The van der Waals surface area contributed by atoms with Crippen LogP contribution in [-0.4, -0.2) is 29.7 Å². The van der Waals surface area contributed by atoms with E-state index in [4.69, 9.17) is 16.7 Å². The third-order valence-corrected chi connectivity index (χ3v) is 4.08. The molecule has 19 heavy (non-hydrogen) atoms. The highest BCUT2D eigenvalue weighted by molar-refractivity contribution is 7.16. The molecule has 2 amide bonds. The molecular formula is C12H17ClN2O3S. The molecule has 0 aromatic carbocycles. The highest BCUT2D eigenvalue weighted by atomic mass is 35.5. The summed E-state index contributed by atoms with van der Waals surface area (Å²) in [6.45, 7) is 3.70. The van der Waals surface area contributed by atoms with Gasteiger partial charge in [-0.1, -0.05) is 11.6 Å². The van der Waals surface area contributed by atoms with Crippen LogP contribution in [0.1, 0.15) is 18.7 Å². The summed E-state index contributed by atoms with van der Waals surface area (Å²) in [6, 6.07) is 2.96. The fourth-order valence-corrected chi connectivity index (χ4v) is 2.47. The van der Waals surface area contributed by atoms with Crippen LogP contribution in [0.2, 0.25) is 4.34 Å². The maximum atomic E-state index is 11.5. The van der Waals surface area contributed by atoms with Crippen molar-refractivity contribution >= 4 is 34.9 Å². The first-order valence-electron chi connectivity index (χ1n) is 5.91. The number of nitrogens with one attached hydrogen (secondary N) is 2. The van der Waals surface area contributed by atoms with Crippen molar-refractivity contribution in [1.29, 1.82) is 0 Å². The van der Waals surface area contributed by atoms with E-state index in [1.165, 1.54) is 11.3 Å². The van der Waals surface area contributed by atoms with Crippen molar-refractivity contribution in [2.24, 2.45) is 5.92 Å². The Hall–Kier alpha value is -1.27. The molecule has 1 aromatic heterocycles. The van der Waals surface area contributed by atoms with Crippen molar-refractivity contribution in [2.45, 2.75) is 26.3 Å². The minimum atomic E-state index is -0.930. The van der Waals surface area contributed by atoms with Gasteiger partial charge in [0.25, 0.3) is 0 Å². The largest absolute Gasteiger partial charge is 0.481 e. The van der Waals surface area contributed by atoms with Crippen LogP contribution in [-0.2, 0) is 11.2 Å². The van der Waals surface area contributed by atoms with E-state index in [9.17, 15) is 9.59 Å². The summed E-state index contributed by atoms with van der Waals surface area (Å²) in [5.74, 6) is -1.55. The van der Waals surface area contributed by atoms with Gasteiger partial charge in [-0.3, -0.25) is 4.79 Å². The van der Waals surface area contributed by atoms with E-state index in [1.54, 1.807) is 13.8 Å². The van der Waals surface area contributed by atoms with Crippen molar-refractivity contribution in [3.05, 3.63) is 21.3 Å². The minimum absolute atomic E-state index is 0.358. The lowest BCUT2D eigenvalue weighted by Gasteiger charge is -2.18. The Balaban J connectivity index is 2.26. The summed E-state index contributed by atoms with van der Waals surface area (Å²) in [4.78, 5) is 23.4. The first kappa shape index (κ1) is 15.8. The molecule has 7 heteroatoms. The first-order chi connectivity index (χ1) is 8.90. The minimum Gasteiger partial charge on any atom is -0.481 e. The van der Waals surface area contributed by atoms with Crippen molar-refractivity contribution in [3.63, 3.8) is 0 Å². The predicted octanol–water partition coefficient (Wildman–Crippen LogP) is 2.35. The molecule has 5 nitrogen and oxygen atoms in total. The summed E-state index contributed by atoms with van der Waals surface area (Å²) in [5, 5.41) is 14.1. The number of hydrogen-bond donors (Lipinski definition) is 3. The van der Waals surface area contributed by atoms with Crippen LogP contribution < -0.4 is 10.6 Å². The Kier molecular flexibility index (Phi) is 6.11. The van der Waals surface area contributed by atoms with Crippen LogP contribution in [0.25, 0.3) is 0 Å². The van der Waals surface area contributed by atoms with Crippen molar-refractivity contribution < 1.29 is 14.7 Å². The average Bonchev–Trinajstić information content (AvgIpc) is 2.73. The molecule has 0 radical (unpaired) electrons. The Morgan fingerprint density at radius 3 is 2.63 bits per heavy atom. The van der Waals surface area contributed by atoms with Crippen LogP contribution >= 0.6 is 22.9 Å². The van der Waals surface area contributed by atoms with Crippen LogP contribution in [0.4, 0.5) is 4.79 Å². The monoisotopic (exact) mass is 304 g/mol. The lowest BCUT2D eigenvalue weighted by Crippen LogP contribution is -2.45. The number of aliphatic carboxylic acids is 1. The van der Waals surface area contributed by atoms with E-state index >= 15 is 0 Å². The van der Waals surface area contributed by atoms with Crippen molar-refractivity contribution in [1.82, 2.24) is 10.6 Å². The zero-order valence-electron chi connectivity index (χ0n) is 10.8. The Morgan fingerprint density at radius 2 is 2.11 bits per heavy atom. The number of carbonyl (C=O) groups is 2. The van der Waals surface area contributed by atoms with Gasteiger partial charge in [0.2, 0.25) is 0 Å². The third-order valence-electron chi connectivity index (χ3n) is 2.78. The summed E-state index contributed by atoms with van der Waals surface area (Å²) in [6.07, 6.45) is 0.702. The molecule has 2 unspecified atom stereocenters. The maximum absolute atomic E-state index is 11.5. The summed E-state index contributed by atoms with van der Waals surface area (Å²) in [5.41, 5.74) is 0. The smallest absolute Gasteiger partial charge is 0.315 e. The number of urea groups is 1. The normalized spacial score (nSPS) is 13.6. The first-order valence-corrected chi connectivity index (χ1v) is 7.11. The molecule has 106 valence electrons. The lowest BCUT2D eigenvalue weighted by atomic mass is 10.0. The molecule has 0 aliphatic heterocycles. The molecule has 0 fully saturated rings. The molecule has 0 aliphatic carbocycles. The van der Waals surface area contributed by atoms with E-state index < -0.39 is 17.9 Å². The van der Waals surface area contributed by atoms with Gasteiger partial charge in [-0.25, -0.2) is 4.79 Å². The lowest BCUT2D eigenvalue weighted by molar-refractivity contribution is -0.141. The van der Waals surface area contributed by atoms with Crippen LogP contribution in [0.15, 0.2) is 12.1 Å². The molecule has 0 spiro atoms. The van der Waals surface area contributed by atoms with E-state index in [2.05, 4.69) is 10.6 Å². The van der Waals surface area contributed by atoms with Gasteiger partial charge in [-0.2, -0.15) is 0 Å². The van der Waals surface area contributed by atoms with Gasteiger partial charge in [0.1, 0.15) is 0 Å². The molecule has 0 bridgehead atoms. The topological polar surface area (TPSA) is 78.4 Å². The molecule has 0 aliphatic rings. The number of halogens is 1. The molecule has 0 saturated heterocycles. The number of carboxylic acids is 1. The summed E-state index contributed by atoms with van der Waals surface area (Å²) in [7, 11) is 0.